The summed E-state index contributed by atoms with van der Waals surface area (Å²) in [7, 11) is 1.82. The van der Waals surface area contributed by atoms with Crippen molar-refractivity contribution in [2.75, 3.05) is 19.3 Å². The van der Waals surface area contributed by atoms with Gasteiger partial charge in [-0.25, -0.2) is 0 Å². The summed E-state index contributed by atoms with van der Waals surface area (Å²) < 4.78 is 0. The van der Waals surface area contributed by atoms with Crippen LogP contribution in [0.15, 0.2) is 21.8 Å². The minimum Gasteiger partial charge on any atom is -0.355 e. The minimum atomic E-state index is 0.759. The molecule has 5 heteroatoms. The van der Waals surface area contributed by atoms with Crippen LogP contribution in [0.25, 0.3) is 0 Å². The van der Waals surface area contributed by atoms with Crippen LogP contribution in [0.4, 0.5) is 0 Å². The molecule has 0 amide bonds. The zero-order valence-corrected chi connectivity index (χ0v) is 11.7. The van der Waals surface area contributed by atoms with Gasteiger partial charge in [-0.15, -0.1) is 0 Å². The fraction of sp³-hybridized carbons (Fsp3) is 0.583. The summed E-state index contributed by atoms with van der Waals surface area (Å²) >= 11 is 3.80. The van der Waals surface area contributed by atoms with Gasteiger partial charge in [0.2, 0.25) is 0 Å². The largest absolute Gasteiger partial charge is 0.355 e. The first kappa shape index (κ1) is 12.8. The summed E-state index contributed by atoms with van der Waals surface area (Å²) in [5, 5.41) is 11.7. The highest BCUT2D eigenvalue weighted by Crippen LogP contribution is 2.25. The first-order valence-electron chi connectivity index (χ1n) is 5.95. The Morgan fingerprint density at radius 3 is 3.12 bits per heavy atom. The van der Waals surface area contributed by atoms with Gasteiger partial charge in [0.15, 0.2) is 5.96 Å². The number of thioether (sulfide) groups is 1. The zero-order chi connectivity index (χ0) is 11.9. The summed E-state index contributed by atoms with van der Waals surface area (Å²) in [5.74, 6) is 2.22. The number of nitrogens with zero attached hydrogens (tertiary/aromatic N) is 1. The van der Waals surface area contributed by atoms with Crippen molar-refractivity contribution in [3.63, 3.8) is 0 Å². The molecule has 1 fully saturated rings. The molecule has 1 saturated heterocycles. The molecule has 94 valence electrons. The Kier molecular flexibility index (Phi) is 5.19. The van der Waals surface area contributed by atoms with E-state index in [2.05, 4.69) is 44.2 Å². The Bertz CT molecular complexity index is 343. The lowest BCUT2D eigenvalue weighted by Gasteiger charge is -2.14. The number of rotatable bonds is 4. The van der Waals surface area contributed by atoms with Crippen molar-refractivity contribution in [3.8, 4) is 0 Å². The van der Waals surface area contributed by atoms with Crippen LogP contribution in [0, 0.1) is 0 Å². The van der Waals surface area contributed by atoms with Crippen LogP contribution in [0.1, 0.15) is 18.4 Å². The maximum atomic E-state index is 4.24. The number of hydrogen-bond donors (Lipinski definition) is 2. The molecule has 1 aliphatic rings. The molecule has 0 spiro atoms. The first-order valence-corrected chi connectivity index (χ1v) is 7.95. The van der Waals surface area contributed by atoms with Crippen LogP contribution < -0.4 is 10.6 Å². The molecule has 2 rings (SSSR count). The van der Waals surface area contributed by atoms with E-state index >= 15 is 0 Å². The highest BCUT2D eigenvalue weighted by atomic mass is 32.2. The van der Waals surface area contributed by atoms with E-state index < -0.39 is 0 Å². The third-order valence-electron chi connectivity index (χ3n) is 2.78. The van der Waals surface area contributed by atoms with E-state index in [9.17, 15) is 0 Å². The average molecular weight is 269 g/mol. The van der Waals surface area contributed by atoms with Crippen LogP contribution >= 0.6 is 23.1 Å². The fourth-order valence-corrected chi connectivity index (χ4v) is 3.69. The third-order valence-corrected chi connectivity index (χ3v) is 4.92. The van der Waals surface area contributed by atoms with Crippen LogP contribution in [-0.4, -0.2) is 30.6 Å². The van der Waals surface area contributed by atoms with Gasteiger partial charge >= 0.3 is 0 Å². The molecule has 1 aromatic heterocycles. The molecule has 0 saturated carbocycles. The van der Waals surface area contributed by atoms with Crippen LogP contribution in [-0.2, 0) is 6.54 Å². The molecule has 17 heavy (non-hydrogen) atoms. The third kappa shape index (κ3) is 4.24. The lowest BCUT2D eigenvalue weighted by Crippen LogP contribution is -2.39. The molecule has 0 bridgehead atoms. The van der Waals surface area contributed by atoms with Crippen LogP contribution in [0.2, 0.25) is 0 Å². The van der Waals surface area contributed by atoms with Gasteiger partial charge in [0, 0.05) is 25.4 Å². The van der Waals surface area contributed by atoms with Crippen LogP contribution in [0.3, 0.4) is 0 Å². The minimum absolute atomic E-state index is 0.759. The SMILES string of the molecule is CN=C(NCc1ccsc1)NCC1CCCS1. The maximum absolute atomic E-state index is 4.24. The van der Waals surface area contributed by atoms with E-state index in [1.807, 2.05) is 7.05 Å². The second-order valence-electron chi connectivity index (χ2n) is 4.07. The van der Waals surface area contributed by atoms with Gasteiger partial charge in [0.05, 0.1) is 0 Å². The highest BCUT2D eigenvalue weighted by molar-refractivity contribution is 8.00. The predicted molar refractivity (Wildman–Crippen MR) is 78.0 cm³/mol. The van der Waals surface area contributed by atoms with E-state index in [1.54, 1.807) is 11.3 Å². The maximum Gasteiger partial charge on any atom is 0.191 e. The molecule has 0 aliphatic carbocycles. The predicted octanol–water partition coefficient (Wildman–Crippen LogP) is 2.31. The zero-order valence-electron chi connectivity index (χ0n) is 10.1. The Morgan fingerprint density at radius 2 is 2.47 bits per heavy atom. The van der Waals surface area contributed by atoms with Crippen molar-refractivity contribution in [2.45, 2.75) is 24.6 Å². The van der Waals surface area contributed by atoms with E-state index in [0.717, 1.165) is 24.3 Å². The van der Waals surface area contributed by atoms with E-state index in [1.165, 1.54) is 24.2 Å². The van der Waals surface area contributed by atoms with E-state index in [4.69, 9.17) is 0 Å². The number of hydrogen-bond acceptors (Lipinski definition) is 3. The molecule has 0 aromatic carbocycles. The van der Waals surface area contributed by atoms with Crippen LogP contribution in [0.5, 0.6) is 0 Å². The van der Waals surface area contributed by atoms with Gasteiger partial charge in [-0.3, -0.25) is 4.99 Å². The van der Waals surface area contributed by atoms with Gasteiger partial charge in [0.25, 0.3) is 0 Å². The van der Waals surface area contributed by atoms with Gasteiger partial charge in [-0.2, -0.15) is 23.1 Å². The van der Waals surface area contributed by atoms with Crippen molar-refractivity contribution in [3.05, 3.63) is 22.4 Å². The quantitative estimate of drug-likeness (QED) is 0.650. The molecule has 0 radical (unpaired) electrons. The summed E-state index contributed by atoms with van der Waals surface area (Å²) in [4.78, 5) is 4.24. The topological polar surface area (TPSA) is 36.4 Å². The Labute approximate surface area is 111 Å². The molecule has 1 aromatic rings. The van der Waals surface area contributed by atoms with Gasteiger partial charge < -0.3 is 10.6 Å². The standard InChI is InChI=1S/C12H19N3S2/c1-13-12(14-7-10-4-6-16-9-10)15-8-11-3-2-5-17-11/h4,6,9,11H,2-3,5,7-8H2,1H3,(H2,13,14,15). The summed E-state index contributed by atoms with van der Waals surface area (Å²) in [6.45, 7) is 1.87. The summed E-state index contributed by atoms with van der Waals surface area (Å²) in [5.41, 5.74) is 1.31. The van der Waals surface area contributed by atoms with E-state index in [0.29, 0.717) is 0 Å². The number of guanidine groups is 1. The fourth-order valence-electron chi connectivity index (χ4n) is 1.82. The van der Waals surface area contributed by atoms with Crippen molar-refractivity contribution in [1.29, 1.82) is 0 Å². The highest BCUT2D eigenvalue weighted by Gasteiger charge is 2.15. The number of aliphatic imine (C=N–C) groups is 1. The Balaban J connectivity index is 1.69. The lowest BCUT2D eigenvalue weighted by molar-refractivity contribution is 0.726. The second kappa shape index (κ2) is 6.91. The number of thiophene rings is 1. The molecule has 2 N–H and O–H groups in total. The van der Waals surface area contributed by atoms with Crippen molar-refractivity contribution >= 4 is 29.1 Å². The normalized spacial score (nSPS) is 20.5. The first-order chi connectivity index (χ1) is 8.38. The Hall–Kier alpha value is -0.680. The molecular weight excluding hydrogens is 250 g/mol. The molecule has 1 unspecified atom stereocenters. The summed E-state index contributed by atoms with van der Waals surface area (Å²) in [6.07, 6.45) is 2.69. The Morgan fingerprint density at radius 1 is 1.53 bits per heavy atom. The van der Waals surface area contributed by atoms with Crippen molar-refractivity contribution in [2.24, 2.45) is 4.99 Å². The van der Waals surface area contributed by atoms with Gasteiger partial charge in [-0.05, 0) is 41.0 Å². The molecule has 1 atom stereocenters. The van der Waals surface area contributed by atoms with Gasteiger partial charge in [0.1, 0.15) is 0 Å². The molecular formula is C12H19N3S2. The van der Waals surface area contributed by atoms with Gasteiger partial charge in [-0.1, -0.05) is 0 Å². The average Bonchev–Trinajstić information content (AvgIpc) is 3.02. The molecule has 2 heterocycles. The monoisotopic (exact) mass is 269 g/mol. The molecule has 1 aliphatic heterocycles. The number of nitrogens with one attached hydrogen (secondary N) is 2. The second-order valence-corrected chi connectivity index (χ2v) is 6.26. The van der Waals surface area contributed by atoms with Crippen molar-refractivity contribution < 1.29 is 0 Å². The smallest absolute Gasteiger partial charge is 0.191 e. The summed E-state index contributed by atoms with van der Waals surface area (Å²) in [6, 6.07) is 2.14. The van der Waals surface area contributed by atoms with E-state index in [-0.39, 0.29) is 0 Å². The molecule has 3 nitrogen and oxygen atoms in total. The van der Waals surface area contributed by atoms with Crippen molar-refractivity contribution in [1.82, 2.24) is 10.6 Å². The lowest BCUT2D eigenvalue weighted by atomic mass is 10.2.